The first-order valence-electron chi connectivity index (χ1n) is 11.5. The lowest BCUT2D eigenvalue weighted by Crippen LogP contribution is -2.38. The van der Waals surface area contributed by atoms with Gasteiger partial charge in [-0.25, -0.2) is 9.18 Å². The van der Waals surface area contributed by atoms with Crippen LogP contribution in [0.4, 0.5) is 14.9 Å². The fraction of sp³-hybridized carbons (Fsp3) is 0.444. The van der Waals surface area contributed by atoms with Gasteiger partial charge in [0.05, 0.1) is 11.7 Å². The van der Waals surface area contributed by atoms with Gasteiger partial charge in [-0.2, -0.15) is 0 Å². The lowest BCUT2D eigenvalue weighted by atomic mass is 9.78. The molecule has 2 aromatic carbocycles. The minimum Gasteiger partial charge on any atom is -0.489 e. The highest BCUT2D eigenvalue weighted by atomic mass is 19.1. The molecule has 3 rings (SSSR count). The second kappa shape index (κ2) is 11.5. The van der Waals surface area contributed by atoms with Crippen molar-refractivity contribution in [2.45, 2.75) is 44.0 Å². The van der Waals surface area contributed by atoms with Crippen molar-refractivity contribution >= 4 is 11.7 Å². The highest BCUT2D eigenvalue weighted by Crippen LogP contribution is 2.42. The van der Waals surface area contributed by atoms with Crippen molar-refractivity contribution in [2.75, 3.05) is 39.8 Å². The van der Waals surface area contributed by atoms with Crippen LogP contribution >= 0.6 is 0 Å². The molecule has 1 aliphatic rings. The molecule has 0 atom stereocenters. The molecule has 184 valence electrons. The fourth-order valence-corrected chi connectivity index (χ4v) is 4.43. The molecule has 0 aromatic heterocycles. The van der Waals surface area contributed by atoms with E-state index >= 15 is 0 Å². The number of methoxy groups -OCH3 is 2. The van der Waals surface area contributed by atoms with Gasteiger partial charge in [0.2, 0.25) is 0 Å². The lowest BCUT2D eigenvalue weighted by molar-refractivity contribution is -0.0764. The summed E-state index contributed by atoms with van der Waals surface area (Å²) in [5.41, 5.74) is 1.94. The maximum absolute atomic E-state index is 14.5. The summed E-state index contributed by atoms with van der Waals surface area (Å²) in [6, 6.07) is 12.2. The predicted molar refractivity (Wildman–Crippen MR) is 132 cm³/mol. The summed E-state index contributed by atoms with van der Waals surface area (Å²) in [6.45, 7) is 4.42. The SMILES string of the molecule is C=CCN(C)C(=O)N(C)c1ccc(COc2cc(F)cc([C@]3(OC)CC[C@@H](OC)CC3)c2)cc1. The Balaban J connectivity index is 1.67. The highest BCUT2D eigenvalue weighted by molar-refractivity contribution is 5.91. The molecule has 1 fully saturated rings. The normalized spacial score (nSPS) is 20.0. The van der Waals surface area contributed by atoms with Gasteiger partial charge in [0, 0.05) is 46.6 Å². The predicted octanol–water partition coefficient (Wildman–Crippen LogP) is 5.51. The summed E-state index contributed by atoms with van der Waals surface area (Å²) in [6.07, 6.45) is 5.16. The van der Waals surface area contributed by atoms with Crippen LogP contribution in [-0.2, 0) is 21.7 Å². The topological polar surface area (TPSA) is 51.2 Å². The summed E-state index contributed by atoms with van der Waals surface area (Å²) in [5, 5.41) is 0. The lowest BCUT2D eigenvalue weighted by Gasteiger charge is -2.39. The van der Waals surface area contributed by atoms with E-state index in [2.05, 4.69) is 6.58 Å². The molecule has 6 nitrogen and oxygen atoms in total. The summed E-state index contributed by atoms with van der Waals surface area (Å²) >= 11 is 0. The Morgan fingerprint density at radius 1 is 1.15 bits per heavy atom. The molecule has 0 unspecified atom stereocenters. The van der Waals surface area contributed by atoms with E-state index in [-0.39, 0.29) is 24.6 Å². The molecule has 0 bridgehead atoms. The van der Waals surface area contributed by atoms with Gasteiger partial charge in [-0.15, -0.1) is 6.58 Å². The Morgan fingerprint density at radius 3 is 2.41 bits per heavy atom. The molecule has 1 saturated carbocycles. The Bertz CT molecular complexity index is 971. The average molecular weight is 471 g/mol. The molecular weight excluding hydrogens is 435 g/mol. The zero-order chi connectivity index (χ0) is 24.7. The van der Waals surface area contributed by atoms with Gasteiger partial charge in [-0.3, -0.25) is 4.90 Å². The van der Waals surface area contributed by atoms with E-state index in [1.165, 1.54) is 12.1 Å². The minimum absolute atomic E-state index is 0.122. The molecule has 34 heavy (non-hydrogen) atoms. The molecule has 0 N–H and O–H groups in total. The van der Waals surface area contributed by atoms with E-state index in [9.17, 15) is 9.18 Å². The molecule has 0 aliphatic heterocycles. The molecule has 0 saturated heterocycles. The van der Waals surface area contributed by atoms with Gasteiger partial charge in [0.15, 0.2) is 0 Å². The van der Waals surface area contributed by atoms with Gasteiger partial charge in [0.25, 0.3) is 0 Å². The molecule has 2 amide bonds. The maximum Gasteiger partial charge on any atom is 0.324 e. The van der Waals surface area contributed by atoms with Crippen LogP contribution in [0, 0.1) is 5.82 Å². The van der Waals surface area contributed by atoms with E-state index in [1.807, 2.05) is 30.3 Å². The summed E-state index contributed by atoms with van der Waals surface area (Å²) in [7, 11) is 6.86. The van der Waals surface area contributed by atoms with Gasteiger partial charge in [-0.1, -0.05) is 18.2 Å². The van der Waals surface area contributed by atoms with Crippen molar-refractivity contribution in [1.29, 1.82) is 0 Å². The third-order valence-corrected chi connectivity index (χ3v) is 6.61. The Morgan fingerprint density at radius 2 is 1.82 bits per heavy atom. The monoisotopic (exact) mass is 470 g/mol. The number of urea groups is 1. The van der Waals surface area contributed by atoms with Crippen LogP contribution in [0.25, 0.3) is 0 Å². The fourth-order valence-electron chi connectivity index (χ4n) is 4.43. The first-order valence-corrected chi connectivity index (χ1v) is 11.5. The molecule has 0 spiro atoms. The van der Waals surface area contributed by atoms with Crippen LogP contribution in [0.2, 0.25) is 0 Å². The van der Waals surface area contributed by atoms with Crippen molar-refractivity contribution in [3.8, 4) is 5.75 Å². The van der Waals surface area contributed by atoms with E-state index in [0.717, 1.165) is 42.5 Å². The third kappa shape index (κ3) is 5.96. The van der Waals surface area contributed by atoms with Crippen LogP contribution in [0.5, 0.6) is 5.75 Å². The van der Waals surface area contributed by atoms with Crippen LogP contribution in [-0.4, -0.2) is 51.9 Å². The van der Waals surface area contributed by atoms with Crippen LogP contribution < -0.4 is 9.64 Å². The zero-order valence-electron chi connectivity index (χ0n) is 20.6. The number of carbonyl (C=O) groups is 1. The number of hydrogen-bond acceptors (Lipinski definition) is 4. The number of amides is 2. The highest BCUT2D eigenvalue weighted by Gasteiger charge is 2.37. The van der Waals surface area contributed by atoms with Crippen molar-refractivity contribution in [3.05, 3.63) is 72.1 Å². The Kier molecular flexibility index (Phi) is 8.69. The van der Waals surface area contributed by atoms with Gasteiger partial charge in [0.1, 0.15) is 18.2 Å². The molecular formula is C27H35FN2O4. The van der Waals surface area contributed by atoms with Crippen LogP contribution in [0.15, 0.2) is 55.1 Å². The van der Waals surface area contributed by atoms with Gasteiger partial charge in [-0.05, 0) is 61.1 Å². The van der Waals surface area contributed by atoms with Crippen molar-refractivity contribution in [3.63, 3.8) is 0 Å². The summed E-state index contributed by atoms with van der Waals surface area (Å²) in [4.78, 5) is 15.6. The number of anilines is 1. The maximum atomic E-state index is 14.5. The van der Waals surface area contributed by atoms with E-state index < -0.39 is 5.60 Å². The smallest absolute Gasteiger partial charge is 0.324 e. The molecule has 2 aromatic rings. The first kappa shape index (κ1) is 25.7. The molecule has 7 heteroatoms. The Hall–Kier alpha value is -2.90. The number of ether oxygens (including phenoxy) is 3. The largest absolute Gasteiger partial charge is 0.489 e. The molecule has 1 aliphatic carbocycles. The third-order valence-electron chi connectivity index (χ3n) is 6.61. The number of likely N-dealkylation sites (N-methyl/N-ethyl adjacent to an activating group) is 1. The quantitative estimate of drug-likeness (QED) is 0.454. The minimum atomic E-state index is -0.535. The Labute approximate surface area is 201 Å². The van der Waals surface area contributed by atoms with Crippen molar-refractivity contribution < 1.29 is 23.4 Å². The number of halogens is 1. The average Bonchev–Trinajstić information content (AvgIpc) is 2.86. The van der Waals surface area contributed by atoms with E-state index in [1.54, 1.807) is 44.2 Å². The number of nitrogens with zero attached hydrogens (tertiary/aromatic N) is 2. The van der Waals surface area contributed by atoms with Crippen molar-refractivity contribution in [1.82, 2.24) is 4.90 Å². The second-order valence-corrected chi connectivity index (χ2v) is 8.77. The summed E-state index contributed by atoms with van der Waals surface area (Å²) in [5.74, 6) is 0.111. The summed E-state index contributed by atoms with van der Waals surface area (Å²) < 4.78 is 31.8. The zero-order valence-corrected chi connectivity index (χ0v) is 20.6. The van der Waals surface area contributed by atoms with Crippen LogP contribution in [0.3, 0.4) is 0 Å². The number of carbonyl (C=O) groups excluding carboxylic acids is 1. The second-order valence-electron chi connectivity index (χ2n) is 8.77. The molecule has 0 radical (unpaired) electrons. The first-order chi connectivity index (χ1) is 16.3. The number of hydrogen-bond donors (Lipinski definition) is 0. The van der Waals surface area contributed by atoms with Gasteiger partial charge < -0.3 is 19.1 Å². The standard InChI is InChI=1S/C27H35FN2O4/c1-6-15-29(2)26(31)30(3)23-9-7-20(8-10-23)19-34-25-17-21(16-22(28)18-25)27(33-5)13-11-24(32-4)12-14-27/h6-10,16-18,24H,1,11-15,19H2,2-5H3/t24-,27+. The van der Waals surface area contributed by atoms with E-state index in [4.69, 9.17) is 14.2 Å². The van der Waals surface area contributed by atoms with Gasteiger partial charge >= 0.3 is 6.03 Å². The number of benzene rings is 2. The van der Waals surface area contributed by atoms with E-state index in [0.29, 0.717) is 12.3 Å². The van der Waals surface area contributed by atoms with Crippen LogP contribution in [0.1, 0.15) is 36.8 Å². The number of rotatable bonds is 9. The molecule has 0 heterocycles. The van der Waals surface area contributed by atoms with Crippen molar-refractivity contribution in [2.24, 2.45) is 0 Å².